The third-order valence-corrected chi connectivity index (χ3v) is 3.57. The number of aliphatic hydroxyl groups excluding tert-OH is 1. The van der Waals surface area contributed by atoms with E-state index in [1.54, 1.807) is 30.3 Å². The van der Waals surface area contributed by atoms with Crippen LogP contribution in [0.25, 0.3) is 0 Å². The van der Waals surface area contributed by atoms with Crippen LogP contribution in [0.5, 0.6) is 0 Å². The molecule has 0 bridgehead atoms. The van der Waals surface area contributed by atoms with E-state index in [1.165, 1.54) is 11.3 Å². The van der Waals surface area contributed by atoms with E-state index in [0.717, 1.165) is 10.6 Å². The Morgan fingerprint density at radius 3 is 2.95 bits per heavy atom. The molecule has 0 aromatic carbocycles. The predicted octanol–water partition coefficient (Wildman–Crippen LogP) is 1.76. The highest BCUT2D eigenvalue weighted by atomic mass is 32.1. The van der Waals surface area contributed by atoms with Crippen LogP contribution >= 0.6 is 11.3 Å². The molecule has 20 heavy (non-hydrogen) atoms. The molecule has 0 saturated carbocycles. The molecule has 2 heterocycles. The normalized spacial score (nSPS) is 9.70. The van der Waals surface area contributed by atoms with Gasteiger partial charge < -0.3 is 10.0 Å². The smallest absolute Gasteiger partial charge is 0.264 e. The lowest BCUT2D eigenvalue weighted by atomic mass is 10.3. The number of aliphatic hydroxyl groups is 1. The molecule has 0 aliphatic carbocycles. The Kier molecular flexibility index (Phi) is 4.88. The van der Waals surface area contributed by atoms with Gasteiger partial charge in [0.25, 0.3) is 5.91 Å². The number of amides is 1. The predicted molar refractivity (Wildman–Crippen MR) is 78.3 cm³/mol. The number of carbonyl (C=O) groups is 1. The molecule has 0 aliphatic rings. The summed E-state index contributed by atoms with van der Waals surface area (Å²) in [5.41, 5.74) is 0.847. The lowest BCUT2D eigenvalue weighted by molar-refractivity contribution is 0.0788. The highest BCUT2D eigenvalue weighted by molar-refractivity contribution is 7.14. The average Bonchev–Trinajstić information content (AvgIpc) is 2.94. The molecule has 0 unspecified atom stereocenters. The van der Waals surface area contributed by atoms with Crippen LogP contribution in [-0.2, 0) is 6.54 Å². The molecule has 0 atom stereocenters. The van der Waals surface area contributed by atoms with E-state index in [0.29, 0.717) is 11.4 Å². The van der Waals surface area contributed by atoms with Crippen LogP contribution in [0, 0.1) is 11.8 Å². The first-order valence-electron chi connectivity index (χ1n) is 6.05. The van der Waals surface area contributed by atoms with Gasteiger partial charge in [0.05, 0.1) is 22.0 Å². The quantitative estimate of drug-likeness (QED) is 0.875. The minimum absolute atomic E-state index is 0.0577. The molecule has 102 valence electrons. The zero-order valence-electron chi connectivity index (χ0n) is 11.0. The molecule has 1 N–H and O–H groups in total. The Morgan fingerprint density at radius 2 is 2.25 bits per heavy atom. The van der Waals surface area contributed by atoms with Crippen LogP contribution in [0.4, 0.5) is 0 Å². The van der Waals surface area contributed by atoms with Crippen LogP contribution in [0.15, 0.2) is 36.5 Å². The third kappa shape index (κ3) is 3.67. The SMILES string of the molecule is CN(Cc1ccccn1)C(=O)c1ccc(C#CCO)s1. The number of nitrogens with zero attached hydrogens (tertiary/aromatic N) is 2. The molecule has 5 heteroatoms. The van der Waals surface area contributed by atoms with Crippen molar-refractivity contribution in [2.24, 2.45) is 0 Å². The second-order valence-corrected chi connectivity index (χ2v) is 5.19. The summed E-state index contributed by atoms with van der Waals surface area (Å²) in [6.07, 6.45) is 1.71. The van der Waals surface area contributed by atoms with Crippen molar-refractivity contribution in [3.05, 3.63) is 52.0 Å². The molecule has 0 radical (unpaired) electrons. The molecule has 0 saturated heterocycles. The van der Waals surface area contributed by atoms with Crippen molar-refractivity contribution in [2.75, 3.05) is 13.7 Å². The molecule has 2 aromatic heterocycles. The number of rotatable bonds is 3. The van der Waals surface area contributed by atoms with Crippen molar-refractivity contribution >= 4 is 17.2 Å². The van der Waals surface area contributed by atoms with E-state index in [9.17, 15) is 4.79 Å². The lowest BCUT2D eigenvalue weighted by Gasteiger charge is -2.15. The number of hydrogen-bond acceptors (Lipinski definition) is 4. The van der Waals surface area contributed by atoms with E-state index in [4.69, 9.17) is 5.11 Å². The molecular weight excluding hydrogens is 272 g/mol. The van der Waals surface area contributed by atoms with Crippen molar-refractivity contribution in [3.8, 4) is 11.8 Å². The van der Waals surface area contributed by atoms with E-state index in [2.05, 4.69) is 16.8 Å². The van der Waals surface area contributed by atoms with Crippen LogP contribution in [0.2, 0.25) is 0 Å². The molecular formula is C15H14N2O2S. The van der Waals surface area contributed by atoms with Gasteiger partial charge in [0.15, 0.2) is 0 Å². The number of pyridine rings is 1. The summed E-state index contributed by atoms with van der Waals surface area (Å²) < 4.78 is 0. The average molecular weight is 286 g/mol. The van der Waals surface area contributed by atoms with Crippen molar-refractivity contribution in [2.45, 2.75) is 6.54 Å². The maximum atomic E-state index is 12.2. The number of thiophene rings is 1. The monoisotopic (exact) mass is 286 g/mol. The van der Waals surface area contributed by atoms with Gasteiger partial charge in [-0.3, -0.25) is 9.78 Å². The summed E-state index contributed by atoms with van der Waals surface area (Å²) >= 11 is 1.32. The maximum Gasteiger partial charge on any atom is 0.264 e. The van der Waals surface area contributed by atoms with Crippen LogP contribution < -0.4 is 0 Å². The minimum Gasteiger partial charge on any atom is -0.384 e. The second-order valence-electron chi connectivity index (χ2n) is 4.11. The topological polar surface area (TPSA) is 53.4 Å². The van der Waals surface area contributed by atoms with Gasteiger partial charge in [-0.05, 0) is 24.3 Å². The van der Waals surface area contributed by atoms with Crippen molar-refractivity contribution in [1.29, 1.82) is 0 Å². The summed E-state index contributed by atoms with van der Waals surface area (Å²) in [6, 6.07) is 9.17. The second kappa shape index (κ2) is 6.85. The Hall–Kier alpha value is -2.16. The maximum absolute atomic E-state index is 12.2. The van der Waals surface area contributed by atoms with Gasteiger partial charge in [0.2, 0.25) is 0 Å². The Morgan fingerprint density at radius 1 is 1.40 bits per heavy atom. The zero-order valence-corrected chi connectivity index (χ0v) is 11.9. The summed E-state index contributed by atoms with van der Waals surface area (Å²) in [4.78, 5) is 19.5. The first kappa shape index (κ1) is 14.3. The molecule has 0 aliphatic heterocycles. The summed E-state index contributed by atoms with van der Waals surface area (Å²) in [5, 5.41) is 8.64. The lowest BCUT2D eigenvalue weighted by Crippen LogP contribution is -2.25. The molecule has 2 aromatic rings. The third-order valence-electron chi connectivity index (χ3n) is 2.58. The minimum atomic E-state index is -0.180. The van der Waals surface area contributed by atoms with Crippen LogP contribution in [0.3, 0.4) is 0 Å². The molecule has 0 spiro atoms. The van der Waals surface area contributed by atoms with Gasteiger partial charge in [0, 0.05) is 13.2 Å². The van der Waals surface area contributed by atoms with E-state index in [1.807, 2.05) is 18.2 Å². The first-order chi connectivity index (χ1) is 9.70. The summed E-state index contributed by atoms with van der Waals surface area (Å²) in [7, 11) is 1.75. The van der Waals surface area contributed by atoms with Crippen molar-refractivity contribution in [3.63, 3.8) is 0 Å². The fourth-order valence-electron chi connectivity index (χ4n) is 1.64. The summed E-state index contributed by atoms with van der Waals surface area (Å²) in [6.45, 7) is 0.288. The fraction of sp³-hybridized carbons (Fsp3) is 0.200. The largest absolute Gasteiger partial charge is 0.384 e. The standard InChI is InChI=1S/C15H14N2O2S/c1-17(11-12-5-2-3-9-16-12)15(19)14-8-7-13(20-14)6-4-10-18/h2-3,5,7-9,18H,10-11H2,1H3. The van der Waals surface area contributed by atoms with E-state index >= 15 is 0 Å². The number of aromatic nitrogens is 1. The van der Waals surface area contributed by atoms with Crippen LogP contribution in [-0.4, -0.2) is 34.6 Å². The van der Waals surface area contributed by atoms with Gasteiger partial charge >= 0.3 is 0 Å². The van der Waals surface area contributed by atoms with Gasteiger partial charge in [-0.25, -0.2) is 0 Å². The van der Waals surface area contributed by atoms with E-state index < -0.39 is 0 Å². The number of hydrogen-bond donors (Lipinski definition) is 1. The molecule has 0 fully saturated rings. The molecule has 4 nitrogen and oxygen atoms in total. The Balaban J connectivity index is 2.05. The first-order valence-corrected chi connectivity index (χ1v) is 6.87. The highest BCUT2D eigenvalue weighted by Gasteiger charge is 2.14. The van der Waals surface area contributed by atoms with Gasteiger partial charge in [-0.2, -0.15) is 0 Å². The zero-order chi connectivity index (χ0) is 14.4. The van der Waals surface area contributed by atoms with Crippen molar-refractivity contribution < 1.29 is 9.90 Å². The van der Waals surface area contributed by atoms with E-state index in [-0.39, 0.29) is 12.5 Å². The Labute approximate surface area is 121 Å². The van der Waals surface area contributed by atoms with Crippen molar-refractivity contribution in [1.82, 2.24) is 9.88 Å². The highest BCUT2D eigenvalue weighted by Crippen LogP contribution is 2.17. The van der Waals surface area contributed by atoms with Gasteiger partial charge in [-0.15, -0.1) is 11.3 Å². The molecule has 2 rings (SSSR count). The Bertz CT molecular complexity index is 641. The number of carbonyl (C=O) groups excluding carboxylic acids is 1. The van der Waals surface area contributed by atoms with Gasteiger partial charge in [-0.1, -0.05) is 17.9 Å². The molecule has 1 amide bonds. The van der Waals surface area contributed by atoms with Gasteiger partial charge in [0.1, 0.15) is 6.61 Å². The summed E-state index contributed by atoms with van der Waals surface area (Å²) in [5.74, 6) is 5.30. The van der Waals surface area contributed by atoms with Crippen LogP contribution in [0.1, 0.15) is 20.2 Å². The fourth-order valence-corrected chi connectivity index (χ4v) is 2.52.